The molecule has 0 spiro atoms. The largest absolute Gasteiger partial charge is 0.496 e. The quantitative estimate of drug-likeness (QED) is 0.598. The first-order valence-corrected chi connectivity index (χ1v) is 4.23. The molecule has 82 valence electrons. The van der Waals surface area contributed by atoms with Gasteiger partial charge in [-0.05, 0) is 6.07 Å². The Hall–Kier alpha value is -1.91. The zero-order chi connectivity index (χ0) is 11.4. The van der Waals surface area contributed by atoms with Gasteiger partial charge in [0.15, 0.2) is 0 Å². The van der Waals surface area contributed by atoms with E-state index in [1.807, 2.05) is 0 Å². The second-order valence-electron chi connectivity index (χ2n) is 2.79. The monoisotopic (exact) mass is 211 g/mol. The van der Waals surface area contributed by atoms with Crippen LogP contribution in [0.1, 0.15) is 10.4 Å². The predicted octanol–water partition coefficient (Wildman–Crippen LogP) is 1.07. The van der Waals surface area contributed by atoms with Crippen molar-refractivity contribution in [1.29, 1.82) is 0 Å². The Morgan fingerprint density at radius 1 is 1.13 bits per heavy atom. The Labute approximate surface area is 87.7 Å². The molecule has 0 heterocycles. The standard InChI is InChI=1S/C10H13NO4/c1-13-8-5-9(14-2)7(11)4-6(8)10(12)15-3/h4-5H,11H2,1-3H3. The van der Waals surface area contributed by atoms with E-state index < -0.39 is 5.97 Å². The highest BCUT2D eigenvalue weighted by atomic mass is 16.5. The third-order valence-corrected chi connectivity index (χ3v) is 1.96. The van der Waals surface area contributed by atoms with E-state index in [1.165, 1.54) is 27.4 Å². The maximum Gasteiger partial charge on any atom is 0.341 e. The zero-order valence-corrected chi connectivity index (χ0v) is 8.87. The molecule has 0 fully saturated rings. The van der Waals surface area contributed by atoms with Crippen molar-refractivity contribution in [3.8, 4) is 11.5 Å². The number of benzene rings is 1. The highest BCUT2D eigenvalue weighted by Gasteiger charge is 2.15. The van der Waals surface area contributed by atoms with Crippen LogP contribution in [0.5, 0.6) is 11.5 Å². The van der Waals surface area contributed by atoms with Crippen LogP contribution >= 0.6 is 0 Å². The average Bonchev–Trinajstić information content (AvgIpc) is 2.27. The molecule has 0 bridgehead atoms. The van der Waals surface area contributed by atoms with Crippen molar-refractivity contribution in [2.24, 2.45) is 0 Å². The molecule has 0 aliphatic rings. The SMILES string of the molecule is COC(=O)c1cc(N)c(OC)cc1OC. The average molecular weight is 211 g/mol. The van der Waals surface area contributed by atoms with Crippen LogP contribution in [-0.4, -0.2) is 27.3 Å². The lowest BCUT2D eigenvalue weighted by molar-refractivity contribution is 0.0597. The molecule has 0 unspecified atom stereocenters. The van der Waals surface area contributed by atoms with Gasteiger partial charge in [0.25, 0.3) is 0 Å². The minimum atomic E-state index is -0.499. The molecule has 5 nitrogen and oxygen atoms in total. The number of ether oxygens (including phenoxy) is 3. The van der Waals surface area contributed by atoms with E-state index >= 15 is 0 Å². The van der Waals surface area contributed by atoms with Crippen molar-refractivity contribution >= 4 is 11.7 Å². The summed E-state index contributed by atoms with van der Waals surface area (Å²) in [6.45, 7) is 0. The Morgan fingerprint density at radius 3 is 2.20 bits per heavy atom. The number of hydrogen-bond donors (Lipinski definition) is 1. The molecular formula is C10H13NO4. The van der Waals surface area contributed by atoms with Crippen LogP contribution < -0.4 is 15.2 Å². The van der Waals surface area contributed by atoms with Gasteiger partial charge in [-0.15, -0.1) is 0 Å². The summed E-state index contributed by atoms with van der Waals surface area (Å²) < 4.78 is 14.6. The molecule has 0 radical (unpaired) electrons. The van der Waals surface area contributed by atoms with E-state index in [4.69, 9.17) is 15.2 Å². The summed E-state index contributed by atoms with van der Waals surface area (Å²) in [6.07, 6.45) is 0. The zero-order valence-electron chi connectivity index (χ0n) is 8.87. The number of rotatable bonds is 3. The van der Waals surface area contributed by atoms with Crippen LogP contribution in [0.3, 0.4) is 0 Å². The third-order valence-electron chi connectivity index (χ3n) is 1.96. The molecule has 0 aliphatic carbocycles. The number of anilines is 1. The van der Waals surface area contributed by atoms with Crippen LogP contribution in [0, 0.1) is 0 Å². The van der Waals surface area contributed by atoms with Gasteiger partial charge in [0.05, 0.1) is 27.0 Å². The summed E-state index contributed by atoms with van der Waals surface area (Å²) in [4.78, 5) is 11.3. The summed E-state index contributed by atoms with van der Waals surface area (Å²) in [6, 6.07) is 3.01. The van der Waals surface area contributed by atoms with Crippen LogP contribution in [0.2, 0.25) is 0 Å². The van der Waals surface area contributed by atoms with E-state index in [9.17, 15) is 4.79 Å². The second-order valence-corrected chi connectivity index (χ2v) is 2.79. The number of methoxy groups -OCH3 is 3. The van der Waals surface area contributed by atoms with E-state index in [0.29, 0.717) is 17.2 Å². The van der Waals surface area contributed by atoms with Crippen LogP contribution in [0.25, 0.3) is 0 Å². The first-order valence-electron chi connectivity index (χ1n) is 4.23. The molecule has 0 saturated carbocycles. The number of nitrogen functional groups attached to an aromatic ring is 1. The molecule has 1 rings (SSSR count). The van der Waals surface area contributed by atoms with Gasteiger partial charge >= 0.3 is 5.97 Å². The maximum absolute atomic E-state index is 11.3. The smallest absolute Gasteiger partial charge is 0.341 e. The van der Waals surface area contributed by atoms with Crippen molar-refractivity contribution in [2.45, 2.75) is 0 Å². The minimum Gasteiger partial charge on any atom is -0.496 e. The minimum absolute atomic E-state index is 0.276. The Balaban J connectivity index is 3.27. The van der Waals surface area contributed by atoms with Gasteiger partial charge in [0.2, 0.25) is 0 Å². The Kier molecular flexibility index (Phi) is 3.38. The molecule has 0 saturated heterocycles. The molecule has 15 heavy (non-hydrogen) atoms. The third kappa shape index (κ3) is 2.12. The highest BCUT2D eigenvalue weighted by Crippen LogP contribution is 2.31. The van der Waals surface area contributed by atoms with Crippen molar-refractivity contribution < 1.29 is 19.0 Å². The van der Waals surface area contributed by atoms with Crippen LogP contribution in [0.4, 0.5) is 5.69 Å². The first-order chi connectivity index (χ1) is 7.13. The number of esters is 1. The fourth-order valence-corrected chi connectivity index (χ4v) is 1.19. The van der Waals surface area contributed by atoms with Gasteiger partial charge < -0.3 is 19.9 Å². The van der Waals surface area contributed by atoms with Gasteiger partial charge in [0, 0.05) is 6.07 Å². The van der Waals surface area contributed by atoms with E-state index in [0.717, 1.165) is 0 Å². The van der Waals surface area contributed by atoms with Crippen molar-refractivity contribution in [3.63, 3.8) is 0 Å². The van der Waals surface area contributed by atoms with Crippen molar-refractivity contribution in [3.05, 3.63) is 17.7 Å². The van der Waals surface area contributed by atoms with E-state index in [1.54, 1.807) is 6.07 Å². The van der Waals surface area contributed by atoms with E-state index in [-0.39, 0.29) is 5.56 Å². The lowest BCUT2D eigenvalue weighted by atomic mass is 10.1. The molecule has 0 amide bonds. The topological polar surface area (TPSA) is 70.8 Å². The molecular weight excluding hydrogens is 198 g/mol. The van der Waals surface area contributed by atoms with E-state index in [2.05, 4.69) is 4.74 Å². The fourth-order valence-electron chi connectivity index (χ4n) is 1.19. The Morgan fingerprint density at radius 2 is 1.73 bits per heavy atom. The summed E-state index contributed by atoms with van der Waals surface area (Å²) in [5.74, 6) is 0.327. The van der Waals surface area contributed by atoms with Crippen molar-refractivity contribution in [1.82, 2.24) is 0 Å². The lowest BCUT2D eigenvalue weighted by Crippen LogP contribution is -2.06. The van der Waals surface area contributed by atoms with Gasteiger partial charge in [-0.1, -0.05) is 0 Å². The summed E-state index contributed by atoms with van der Waals surface area (Å²) in [5.41, 5.74) is 6.30. The number of carbonyl (C=O) groups excluding carboxylic acids is 1. The van der Waals surface area contributed by atoms with Crippen LogP contribution in [0.15, 0.2) is 12.1 Å². The molecule has 0 aliphatic heterocycles. The number of nitrogens with two attached hydrogens (primary N) is 1. The van der Waals surface area contributed by atoms with Crippen LogP contribution in [-0.2, 0) is 4.74 Å². The fraction of sp³-hybridized carbons (Fsp3) is 0.300. The first kappa shape index (κ1) is 11.2. The molecule has 2 N–H and O–H groups in total. The van der Waals surface area contributed by atoms with Gasteiger partial charge in [-0.25, -0.2) is 4.79 Å². The van der Waals surface area contributed by atoms with Gasteiger partial charge in [-0.2, -0.15) is 0 Å². The predicted molar refractivity (Wildman–Crippen MR) is 55.3 cm³/mol. The molecule has 0 atom stereocenters. The molecule has 1 aromatic rings. The molecule has 0 aromatic heterocycles. The second kappa shape index (κ2) is 4.54. The maximum atomic E-state index is 11.3. The number of carbonyl (C=O) groups is 1. The molecule has 5 heteroatoms. The van der Waals surface area contributed by atoms with Gasteiger partial charge in [0.1, 0.15) is 17.1 Å². The van der Waals surface area contributed by atoms with Crippen molar-refractivity contribution in [2.75, 3.05) is 27.1 Å². The molecule has 1 aromatic carbocycles. The highest BCUT2D eigenvalue weighted by molar-refractivity contribution is 5.94. The normalized spacial score (nSPS) is 9.53. The number of hydrogen-bond acceptors (Lipinski definition) is 5. The van der Waals surface area contributed by atoms with Gasteiger partial charge in [-0.3, -0.25) is 0 Å². The lowest BCUT2D eigenvalue weighted by Gasteiger charge is -2.10. The summed E-state index contributed by atoms with van der Waals surface area (Å²) in [5, 5.41) is 0. The summed E-state index contributed by atoms with van der Waals surface area (Å²) >= 11 is 0. The summed E-state index contributed by atoms with van der Waals surface area (Å²) in [7, 11) is 4.24. The Bertz CT molecular complexity index is 376.